The fourth-order valence-corrected chi connectivity index (χ4v) is 3.38. The molecule has 1 aliphatic carbocycles. The van der Waals surface area contributed by atoms with Crippen molar-refractivity contribution in [3.05, 3.63) is 29.8 Å². The van der Waals surface area contributed by atoms with Crippen LogP contribution in [0.5, 0.6) is 0 Å². The SMILES string of the molecule is Cc1ccc(N2CCC(NSC3CC3)CC2)cc1. The van der Waals surface area contributed by atoms with Gasteiger partial charge in [0.2, 0.25) is 0 Å². The molecule has 1 aromatic rings. The summed E-state index contributed by atoms with van der Waals surface area (Å²) in [5.74, 6) is 0. The van der Waals surface area contributed by atoms with Gasteiger partial charge in [-0.05, 0) is 44.7 Å². The van der Waals surface area contributed by atoms with E-state index in [9.17, 15) is 0 Å². The van der Waals surface area contributed by atoms with Crippen LogP contribution in [0.15, 0.2) is 24.3 Å². The maximum absolute atomic E-state index is 3.65. The molecule has 1 N–H and O–H groups in total. The van der Waals surface area contributed by atoms with Crippen LogP contribution < -0.4 is 9.62 Å². The zero-order valence-corrected chi connectivity index (χ0v) is 11.9. The molecule has 1 heterocycles. The Morgan fingerprint density at radius 1 is 1.06 bits per heavy atom. The van der Waals surface area contributed by atoms with Gasteiger partial charge in [0.15, 0.2) is 0 Å². The van der Waals surface area contributed by atoms with Crippen molar-refractivity contribution in [2.45, 2.75) is 43.9 Å². The highest BCUT2D eigenvalue weighted by Gasteiger charge is 2.25. The minimum atomic E-state index is 0.720. The normalized spacial score (nSPS) is 21.3. The first kappa shape index (κ1) is 12.4. The first-order valence-electron chi connectivity index (χ1n) is 7.04. The van der Waals surface area contributed by atoms with Gasteiger partial charge in [-0.25, -0.2) is 0 Å². The van der Waals surface area contributed by atoms with Gasteiger partial charge in [0.1, 0.15) is 0 Å². The smallest absolute Gasteiger partial charge is 0.0366 e. The Bertz CT molecular complexity index is 378. The number of rotatable bonds is 4. The molecule has 0 radical (unpaired) electrons. The third-order valence-corrected chi connectivity index (χ3v) is 5.09. The fourth-order valence-electron chi connectivity index (χ4n) is 2.39. The Labute approximate surface area is 114 Å². The minimum Gasteiger partial charge on any atom is -0.371 e. The van der Waals surface area contributed by atoms with E-state index >= 15 is 0 Å². The summed E-state index contributed by atoms with van der Waals surface area (Å²) in [6.07, 6.45) is 5.38. The van der Waals surface area contributed by atoms with Crippen LogP contribution in [0.4, 0.5) is 5.69 Å². The van der Waals surface area contributed by atoms with Gasteiger partial charge in [0, 0.05) is 30.1 Å². The predicted molar refractivity (Wildman–Crippen MR) is 80.2 cm³/mol. The third kappa shape index (κ3) is 3.21. The highest BCUT2D eigenvalue weighted by Crippen LogP contribution is 2.33. The molecule has 0 unspecified atom stereocenters. The molecule has 18 heavy (non-hydrogen) atoms. The molecule has 3 rings (SSSR count). The Hall–Kier alpha value is -0.670. The summed E-state index contributed by atoms with van der Waals surface area (Å²) in [5, 5.41) is 0.917. The molecule has 2 nitrogen and oxygen atoms in total. The van der Waals surface area contributed by atoms with Crippen LogP contribution in [0, 0.1) is 6.92 Å². The van der Waals surface area contributed by atoms with E-state index in [1.165, 1.54) is 50.0 Å². The Kier molecular flexibility index (Phi) is 3.80. The highest BCUT2D eigenvalue weighted by atomic mass is 32.2. The molecule has 0 aromatic heterocycles. The molecule has 2 fully saturated rings. The summed E-state index contributed by atoms with van der Waals surface area (Å²) in [6, 6.07) is 9.65. The molecular formula is C15H22N2S. The molecule has 98 valence electrons. The van der Waals surface area contributed by atoms with Gasteiger partial charge in [-0.1, -0.05) is 29.6 Å². The zero-order valence-electron chi connectivity index (χ0n) is 11.1. The molecule has 0 atom stereocenters. The van der Waals surface area contributed by atoms with E-state index in [2.05, 4.69) is 40.8 Å². The number of nitrogens with zero attached hydrogens (tertiary/aromatic N) is 1. The second-order valence-electron chi connectivity index (χ2n) is 5.53. The van der Waals surface area contributed by atoms with E-state index in [0.29, 0.717) is 0 Å². The van der Waals surface area contributed by atoms with Crippen LogP contribution in [0.1, 0.15) is 31.2 Å². The van der Waals surface area contributed by atoms with E-state index < -0.39 is 0 Å². The van der Waals surface area contributed by atoms with Gasteiger partial charge >= 0.3 is 0 Å². The number of hydrogen-bond donors (Lipinski definition) is 1. The zero-order chi connectivity index (χ0) is 12.4. The van der Waals surface area contributed by atoms with Crippen molar-refractivity contribution in [3.8, 4) is 0 Å². The van der Waals surface area contributed by atoms with Crippen LogP contribution in [-0.4, -0.2) is 24.4 Å². The van der Waals surface area contributed by atoms with E-state index in [4.69, 9.17) is 0 Å². The summed E-state index contributed by atoms with van der Waals surface area (Å²) >= 11 is 1.98. The number of hydrogen-bond acceptors (Lipinski definition) is 3. The van der Waals surface area contributed by atoms with Crippen molar-refractivity contribution in [3.63, 3.8) is 0 Å². The van der Waals surface area contributed by atoms with Crippen LogP contribution in [0.2, 0.25) is 0 Å². The van der Waals surface area contributed by atoms with Crippen molar-refractivity contribution >= 4 is 17.6 Å². The van der Waals surface area contributed by atoms with Gasteiger partial charge < -0.3 is 4.90 Å². The molecule has 1 aliphatic heterocycles. The fraction of sp³-hybridized carbons (Fsp3) is 0.600. The lowest BCUT2D eigenvalue weighted by Crippen LogP contribution is -2.40. The van der Waals surface area contributed by atoms with Gasteiger partial charge in [-0.15, -0.1) is 0 Å². The molecule has 2 aliphatic rings. The second kappa shape index (κ2) is 5.54. The molecule has 0 amide bonds. The lowest BCUT2D eigenvalue weighted by molar-refractivity contribution is 0.479. The quantitative estimate of drug-likeness (QED) is 0.838. The maximum atomic E-state index is 3.65. The van der Waals surface area contributed by atoms with Gasteiger partial charge in [0.05, 0.1) is 0 Å². The summed E-state index contributed by atoms with van der Waals surface area (Å²) in [4.78, 5) is 2.51. The largest absolute Gasteiger partial charge is 0.371 e. The standard InChI is InChI=1S/C15H22N2S/c1-12-2-4-14(5-3-12)17-10-8-13(9-11-17)16-18-15-6-7-15/h2-5,13,15-16H,6-11H2,1H3. The van der Waals surface area contributed by atoms with Gasteiger partial charge in [-0.3, -0.25) is 4.72 Å². The van der Waals surface area contributed by atoms with Gasteiger partial charge in [-0.2, -0.15) is 0 Å². The average molecular weight is 262 g/mol. The number of piperidine rings is 1. The van der Waals surface area contributed by atoms with Crippen molar-refractivity contribution < 1.29 is 0 Å². The van der Waals surface area contributed by atoms with E-state index in [1.807, 2.05) is 11.9 Å². The molecule has 0 spiro atoms. The highest BCUT2D eigenvalue weighted by molar-refractivity contribution is 7.98. The molecular weight excluding hydrogens is 240 g/mol. The first-order valence-corrected chi connectivity index (χ1v) is 7.92. The summed E-state index contributed by atoms with van der Waals surface area (Å²) < 4.78 is 3.65. The number of aryl methyl sites for hydroxylation is 1. The van der Waals surface area contributed by atoms with E-state index in [0.717, 1.165) is 11.3 Å². The molecule has 0 bridgehead atoms. The molecule has 1 saturated heterocycles. The predicted octanol–water partition coefficient (Wildman–Crippen LogP) is 3.36. The molecule has 1 saturated carbocycles. The second-order valence-corrected chi connectivity index (χ2v) is 6.67. The van der Waals surface area contributed by atoms with Crippen LogP contribution in [0.3, 0.4) is 0 Å². The van der Waals surface area contributed by atoms with Crippen molar-refractivity contribution in [2.75, 3.05) is 18.0 Å². The topological polar surface area (TPSA) is 15.3 Å². The molecule has 3 heteroatoms. The summed E-state index contributed by atoms with van der Waals surface area (Å²) in [7, 11) is 0. The van der Waals surface area contributed by atoms with Crippen LogP contribution >= 0.6 is 11.9 Å². The third-order valence-electron chi connectivity index (χ3n) is 3.82. The molecule has 1 aromatic carbocycles. The average Bonchev–Trinajstić information content (AvgIpc) is 3.22. The Morgan fingerprint density at radius 2 is 1.72 bits per heavy atom. The van der Waals surface area contributed by atoms with Crippen molar-refractivity contribution in [2.24, 2.45) is 0 Å². The number of nitrogens with one attached hydrogen (secondary N) is 1. The van der Waals surface area contributed by atoms with Gasteiger partial charge in [0.25, 0.3) is 0 Å². The Morgan fingerprint density at radius 3 is 2.33 bits per heavy atom. The van der Waals surface area contributed by atoms with E-state index in [-0.39, 0.29) is 0 Å². The first-order chi connectivity index (χ1) is 8.81. The maximum Gasteiger partial charge on any atom is 0.0366 e. The van der Waals surface area contributed by atoms with Crippen LogP contribution in [0.25, 0.3) is 0 Å². The van der Waals surface area contributed by atoms with Crippen LogP contribution in [-0.2, 0) is 0 Å². The minimum absolute atomic E-state index is 0.720. The van der Waals surface area contributed by atoms with E-state index in [1.54, 1.807) is 0 Å². The lowest BCUT2D eigenvalue weighted by atomic mass is 10.1. The summed E-state index contributed by atoms with van der Waals surface area (Å²) in [6.45, 7) is 4.52. The number of benzene rings is 1. The van der Waals surface area contributed by atoms with Crippen molar-refractivity contribution in [1.29, 1.82) is 0 Å². The van der Waals surface area contributed by atoms with Crippen molar-refractivity contribution in [1.82, 2.24) is 4.72 Å². The summed E-state index contributed by atoms with van der Waals surface area (Å²) in [5.41, 5.74) is 2.73. The monoisotopic (exact) mass is 262 g/mol. The lowest BCUT2D eigenvalue weighted by Gasteiger charge is -2.33. The Balaban J connectivity index is 1.48. The number of anilines is 1.